The Morgan fingerprint density at radius 2 is 1.48 bits per heavy atom. The Kier molecular flexibility index (Phi) is 3.86. The van der Waals surface area contributed by atoms with Crippen LogP contribution in [0.5, 0.6) is 0 Å². The van der Waals surface area contributed by atoms with Gasteiger partial charge in [0, 0.05) is 18.8 Å². The number of carbonyl (C=O) groups is 1. The number of ketones is 1. The maximum Gasteiger partial charge on any atom is 0.182 e. The van der Waals surface area contributed by atoms with Crippen molar-refractivity contribution in [3.8, 4) is 11.1 Å². The molecule has 3 nitrogen and oxygen atoms in total. The molecular weight excluding hydrogens is 262 g/mol. The largest absolute Gasteiger partial charge is 0.381 e. The summed E-state index contributed by atoms with van der Waals surface area (Å²) < 4.78 is 5.30. The molecule has 0 spiro atoms. The number of Topliss-reactive ketones (excluding diaryl/α,β-unsaturated/α-hetero) is 1. The Labute approximate surface area is 124 Å². The first kappa shape index (κ1) is 14.0. The number of hydrogen-bond donors (Lipinski definition) is 1. The van der Waals surface area contributed by atoms with Gasteiger partial charge in [-0.3, -0.25) is 4.79 Å². The summed E-state index contributed by atoms with van der Waals surface area (Å²) in [5.41, 5.74) is 8.41. The van der Waals surface area contributed by atoms with Crippen molar-refractivity contribution in [2.24, 2.45) is 5.73 Å². The Balaban J connectivity index is 1.82. The molecule has 0 aromatic heterocycles. The molecule has 0 aliphatic carbocycles. The van der Waals surface area contributed by atoms with Crippen molar-refractivity contribution in [2.45, 2.75) is 18.4 Å². The van der Waals surface area contributed by atoms with Crippen molar-refractivity contribution >= 4 is 5.78 Å². The summed E-state index contributed by atoms with van der Waals surface area (Å²) >= 11 is 0. The molecule has 1 heterocycles. The molecule has 2 aromatic carbocycles. The standard InChI is InChI=1S/C18H19NO2/c19-18(10-12-21-13-11-18)17(20)16-8-6-15(7-9-16)14-4-2-1-3-5-14/h1-9H,10-13,19H2. The lowest BCUT2D eigenvalue weighted by Gasteiger charge is -2.31. The van der Waals surface area contributed by atoms with E-state index in [0.717, 1.165) is 11.1 Å². The van der Waals surface area contributed by atoms with Crippen LogP contribution in [0, 0.1) is 0 Å². The van der Waals surface area contributed by atoms with E-state index in [9.17, 15) is 4.79 Å². The highest BCUT2D eigenvalue weighted by Crippen LogP contribution is 2.25. The van der Waals surface area contributed by atoms with E-state index in [-0.39, 0.29) is 5.78 Å². The molecule has 3 rings (SSSR count). The van der Waals surface area contributed by atoms with E-state index in [4.69, 9.17) is 10.5 Å². The second-order valence-electron chi connectivity index (χ2n) is 5.54. The maximum atomic E-state index is 12.6. The molecule has 21 heavy (non-hydrogen) atoms. The van der Waals surface area contributed by atoms with E-state index in [0.29, 0.717) is 31.6 Å². The van der Waals surface area contributed by atoms with Gasteiger partial charge >= 0.3 is 0 Å². The van der Waals surface area contributed by atoms with Crippen molar-refractivity contribution in [3.05, 3.63) is 60.2 Å². The van der Waals surface area contributed by atoms with Crippen LogP contribution in [0.25, 0.3) is 11.1 Å². The monoisotopic (exact) mass is 281 g/mol. The molecule has 0 radical (unpaired) electrons. The molecule has 2 N–H and O–H groups in total. The fraction of sp³-hybridized carbons (Fsp3) is 0.278. The predicted molar refractivity (Wildman–Crippen MR) is 83.2 cm³/mol. The molecule has 1 aliphatic rings. The van der Waals surface area contributed by atoms with Gasteiger partial charge in [0.1, 0.15) is 0 Å². The molecule has 1 fully saturated rings. The Morgan fingerprint density at radius 3 is 2.10 bits per heavy atom. The number of nitrogens with two attached hydrogens (primary N) is 1. The minimum Gasteiger partial charge on any atom is -0.381 e. The zero-order valence-corrected chi connectivity index (χ0v) is 11.9. The van der Waals surface area contributed by atoms with Crippen LogP contribution in [0.1, 0.15) is 23.2 Å². The van der Waals surface area contributed by atoms with Crippen molar-refractivity contribution in [3.63, 3.8) is 0 Å². The fourth-order valence-corrected chi connectivity index (χ4v) is 2.69. The number of benzene rings is 2. The van der Waals surface area contributed by atoms with Crippen molar-refractivity contribution in [1.29, 1.82) is 0 Å². The third kappa shape index (κ3) is 2.89. The van der Waals surface area contributed by atoms with Gasteiger partial charge in [-0.25, -0.2) is 0 Å². The van der Waals surface area contributed by atoms with Gasteiger partial charge in [-0.15, -0.1) is 0 Å². The molecular formula is C18H19NO2. The number of hydrogen-bond acceptors (Lipinski definition) is 3. The van der Waals surface area contributed by atoms with Gasteiger partial charge < -0.3 is 10.5 Å². The van der Waals surface area contributed by atoms with E-state index in [2.05, 4.69) is 12.1 Å². The molecule has 0 atom stereocenters. The molecule has 3 heteroatoms. The molecule has 108 valence electrons. The van der Waals surface area contributed by atoms with Gasteiger partial charge in [-0.05, 0) is 24.0 Å². The molecule has 0 bridgehead atoms. The first-order valence-corrected chi connectivity index (χ1v) is 7.26. The van der Waals surface area contributed by atoms with Crippen molar-refractivity contribution in [2.75, 3.05) is 13.2 Å². The van der Waals surface area contributed by atoms with E-state index in [1.165, 1.54) is 0 Å². The predicted octanol–water partition coefficient (Wildman–Crippen LogP) is 3.04. The summed E-state index contributed by atoms with van der Waals surface area (Å²) in [5.74, 6) is 0.0189. The topological polar surface area (TPSA) is 52.3 Å². The summed E-state index contributed by atoms with van der Waals surface area (Å²) in [4.78, 5) is 12.6. The third-order valence-corrected chi connectivity index (χ3v) is 4.09. The number of rotatable bonds is 3. The molecule has 1 aliphatic heterocycles. The maximum absolute atomic E-state index is 12.6. The van der Waals surface area contributed by atoms with Crippen LogP contribution in [-0.4, -0.2) is 24.5 Å². The van der Waals surface area contributed by atoms with Crippen molar-refractivity contribution < 1.29 is 9.53 Å². The number of ether oxygens (including phenoxy) is 1. The second-order valence-corrected chi connectivity index (χ2v) is 5.54. The Morgan fingerprint density at radius 1 is 0.905 bits per heavy atom. The molecule has 0 amide bonds. The average molecular weight is 281 g/mol. The normalized spacial score (nSPS) is 17.4. The van der Waals surface area contributed by atoms with E-state index in [1.54, 1.807) is 0 Å². The minimum absolute atomic E-state index is 0.0189. The van der Waals surface area contributed by atoms with Crippen LogP contribution in [-0.2, 0) is 4.74 Å². The van der Waals surface area contributed by atoms with E-state index < -0.39 is 5.54 Å². The molecule has 0 unspecified atom stereocenters. The highest BCUT2D eigenvalue weighted by atomic mass is 16.5. The molecule has 0 saturated carbocycles. The summed E-state index contributed by atoms with van der Waals surface area (Å²) in [6, 6.07) is 17.8. The van der Waals surface area contributed by atoms with Gasteiger partial charge in [0.2, 0.25) is 0 Å². The van der Waals surface area contributed by atoms with Crippen LogP contribution >= 0.6 is 0 Å². The zero-order valence-electron chi connectivity index (χ0n) is 11.9. The number of carbonyl (C=O) groups excluding carboxylic acids is 1. The first-order chi connectivity index (χ1) is 10.2. The van der Waals surface area contributed by atoms with Crippen LogP contribution in [0.3, 0.4) is 0 Å². The molecule has 1 saturated heterocycles. The van der Waals surface area contributed by atoms with Crippen LogP contribution in [0.4, 0.5) is 0 Å². The van der Waals surface area contributed by atoms with Gasteiger partial charge in [-0.1, -0.05) is 54.6 Å². The Hall–Kier alpha value is -1.97. The van der Waals surface area contributed by atoms with Crippen LogP contribution < -0.4 is 5.73 Å². The SMILES string of the molecule is NC1(C(=O)c2ccc(-c3ccccc3)cc2)CCOCC1. The highest BCUT2D eigenvalue weighted by molar-refractivity contribution is 6.03. The summed E-state index contributed by atoms with van der Waals surface area (Å²) in [6.07, 6.45) is 1.18. The van der Waals surface area contributed by atoms with E-state index in [1.807, 2.05) is 42.5 Å². The lowest BCUT2D eigenvalue weighted by Crippen LogP contribution is -2.51. The van der Waals surface area contributed by atoms with Crippen molar-refractivity contribution in [1.82, 2.24) is 0 Å². The Bertz CT molecular complexity index is 613. The average Bonchev–Trinajstić information content (AvgIpc) is 2.56. The van der Waals surface area contributed by atoms with Gasteiger partial charge in [-0.2, -0.15) is 0 Å². The lowest BCUT2D eigenvalue weighted by atomic mass is 9.83. The zero-order chi connectivity index (χ0) is 14.7. The smallest absolute Gasteiger partial charge is 0.182 e. The minimum atomic E-state index is -0.771. The van der Waals surface area contributed by atoms with Gasteiger partial charge in [0.05, 0.1) is 5.54 Å². The second kappa shape index (κ2) is 5.80. The van der Waals surface area contributed by atoms with Crippen LogP contribution in [0.2, 0.25) is 0 Å². The van der Waals surface area contributed by atoms with Gasteiger partial charge in [0.25, 0.3) is 0 Å². The third-order valence-electron chi connectivity index (χ3n) is 4.09. The lowest BCUT2D eigenvalue weighted by molar-refractivity contribution is 0.0448. The summed E-state index contributed by atoms with van der Waals surface area (Å²) in [5, 5.41) is 0. The quantitative estimate of drug-likeness (QED) is 0.880. The van der Waals surface area contributed by atoms with E-state index >= 15 is 0 Å². The summed E-state index contributed by atoms with van der Waals surface area (Å²) in [7, 11) is 0. The first-order valence-electron chi connectivity index (χ1n) is 7.26. The van der Waals surface area contributed by atoms with Gasteiger partial charge in [0.15, 0.2) is 5.78 Å². The molecule has 2 aromatic rings. The highest BCUT2D eigenvalue weighted by Gasteiger charge is 2.36. The fourth-order valence-electron chi connectivity index (χ4n) is 2.69. The van der Waals surface area contributed by atoms with Crippen LogP contribution in [0.15, 0.2) is 54.6 Å². The summed E-state index contributed by atoms with van der Waals surface area (Å²) in [6.45, 7) is 1.12.